The van der Waals surface area contributed by atoms with Crippen LogP contribution in [-0.2, 0) is 12.8 Å². The Morgan fingerprint density at radius 2 is 1.05 bits per heavy atom. The molecule has 0 aliphatic heterocycles. The second-order valence-corrected chi connectivity index (χ2v) is 5.70. The van der Waals surface area contributed by atoms with Gasteiger partial charge in [0.15, 0.2) is 0 Å². The van der Waals surface area contributed by atoms with Crippen molar-refractivity contribution in [1.82, 2.24) is 0 Å². The Morgan fingerprint density at radius 1 is 0.632 bits per heavy atom. The molecule has 0 bridgehead atoms. The van der Waals surface area contributed by atoms with Crippen LogP contribution in [0.3, 0.4) is 0 Å². The average Bonchev–Trinajstić information content (AvgIpc) is 2.87. The van der Waals surface area contributed by atoms with Crippen LogP contribution in [0.15, 0.2) is 16.5 Å². The zero-order valence-electron chi connectivity index (χ0n) is 13.0. The molecule has 1 heteroatoms. The third-order valence-electron chi connectivity index (χ3n) is 3.77. The first-order chi connectivity index (χ1) is 9.36. The fraction of sp³-hybridized carbons (Fsp3) is 0.778. The van der Waals surface area contributed by atoms with Crippen molar-refractivity contribution in [2.24, 2.45) is 0 Å². The summed E-state index contributed by atoms with van der Waals surface area (Å²) in [5, 5.41) is 0. The van der Waals surface area contributed by atoms with E-state index in [9.17, 15) is 0 Å². The van der Waals surface area contributed by atoms with Gasteiger partial charge >= 0.3 is 0 Å². The van der Waals surface area contributed by atoms with Crippen molar-refractivity contribution < 1.29 is 4.42 Å². The van der Waals surface area contributed by atoms with Gasteiger partial charge in [0.1, 0.15) is 11.5 Å². The van der Waals surface area contributed by atoms with Gasteiger partial charge in [-0.05, 0) is 25.0 Å². The summed E-state index contributed by atoms with van der Waals surface area (Å²) in [6.07, 6.45) is 15.7. The summed E-state index contributed by atoms with van der Waals surface area (Å²) in [6, 6.07) is 4.36. The third kappa shape index (κ3) is 8.13. The molecular formula is C18H32O. The molecule has 0 aliphatic carbocycles. The lowest BCUT2D eigenvalue weighted by Gasteiger charge is -2.00. The van der Waals surface area contributed by atoms with Gasteiger partial charge in [0.05, 0.1) is 0 Å². The highest BCUT2D eigenvalue weighted by Gasteiger charge is 2.02. The van der Waals surface area contributed by atoms with Crippen molar-refractivity contribution >= 4 is 0 Å². The van der Waals surface area contributed by atoms with Crippen molar-refractivity contribution in [3.8, 4) is 0 Å². The molecule has 1 aromatic rings. The Bertz CT molecular complexity index is 300. The molecule has 0 spiro atoms. The quantitative estimate of drug-likeness (QED) is 0.403. The monoisotopic (exact) mass is 264 g/mol. The Kier molecular flexibility index (Phi) is 9.57. The van der Waals surface area contributed by atoms with Crippen LogP contribution in [0, 0.1) is 0 Å². The van der Waals surface area contributed by atoms with E-state index < -0.39 is 0 Å². The van der Waals surface area contributed by atoms with Crippen LogP contribution >= 0.6 is 0 Å². The van der Waals surface area contributed by atoms with Crippen molar-refractivity contribution in [2.45, 2.75) is 90.9 Å². The van der Waals surface area contributed by atoms with Crippen LogP contribution < -0.4 is 0 Å². The van der Waals surface area contributed by atoms with Crippen LogP contribution in [0.2, 0.25) is 0 Å². The van der Waals surface area contributed by atoms with Crippen molar-refractivity contribution in [3.05, 3.63) is 23.7 Å². The van der Waals surface area contributed by atoms with Gasteiger partial charge in [-0.3, -0.25) is 0 Å². The molecule has 0 fully saturated rings. The van der Waals surface area contributed by atoms with Crippen molar-refractivity contribution in [3.63, 3.8) is 0 Å². The van der Waals surface area contributed by atoms with Crippen molar-refractivity contribution in [2.75, 3.05) is 0 Å². The fourth-order valence-corrected chi connectivity index (χ4v) is 2.50. The van der Waals surface area contributed by atoms with Gasteiger partial charge in [0.25, 0.3) is 0 Å². The normalized spacial score (nSPS) is 11.1. The smallest absolute Gasteiger partial charge is 0.104 e. The highest BCUT2D eigenvalue weighted by molar-refractivity contribution is 5.07. The third-order valence-corrected chi connectivity index (χ3v) is 3.77. The summed E-state index contributed by atoms with van der Waals surface area (Å²) in [4.78, 5) is 0. The molecule has 0 unspecified atom stereocenters. The number of furan rings is 1. The molecule has 1 heterocycles. The molecule has 0 saturated carbocycles. The van der Waals surface area contributed by atoms with E-state index in [4.69, 9.17) is 4.42 Å². The van der Waals surface area contributed by atoms with E-state index in [-0.39, 0.29) is 0 Å². The molecule has 1 aromatic heterocycles. The summed E-state index contributed by atoms with van der Waals surface area (Å²) in [5.41, 5.74) is 0. The van der Waals surface area contributed by atoms with Gasteiger partial charge in [0.2, 0.25) is 0 Å². The summed E-state index contributed by atoms with van der Waals surface area (Å²) in [7, 11) is 0. The van der Waals surface area contributed by atoms with Gasteiger partial charge < -0.3 is 4.42 Å². The van der Waals surface area contributed by atoms with E-state index in [2.05, 4.69) is 26.0 Å². The Labute approximate surface area is 119 Å². The zero-order valence-corrected chi connectivity index (χ0v) is 13.0. The molecule has 0 radical (unpaired) electrons. The Balaban J connectivity index is 2.06. The number of unbranched alkanes of at least 4 members (excludes halogenated alkanes) is 8. The van der Waals surface area contributed by atoms with Gasteiger partial charge in [0, 0.05) is 12.8 Å². The lowest BCUT2D eigenvalue weighted by atomic mass is 10.1. The summed E-state index contributed by atoms with van der Waals surface area (Å²) in [6.45, 7) is 4.52. The first kappa shape index (κ1) is 16.3. The van der Waals surface area contributed by atoms with Crippen LogP contribution in [0.1, 0.15) is 89.6 Å². The zero-order chi connectivity index (χ0) is 13.8. The first-order valence-electron chi connectivity index (χ1n) is 8.44. The van der Waals surface area contributed by atoms with Crippen LogP contribution in [0.5, 0.6) is 0 Å². The van der Waals surface area contributed by atoms with Gasteiger partial charge in [-0.25, -0.2) is 0 Å². The van der Waals surface area contributed by atoms with Gasteiger partial charge in [-0.2, -0.15) is 0 Å². The van der Waals surface area contributed by atoms with Crippen LogP contribution in [-0.4, -0.2) is 0 Å². The SMILES string of the molecule is CCCCCCCCc1ccc(CCCCCC)o1. The maximum atomic E-state index is 5.89. The van der Waals surface area contributed by atoms with E-state index in [1.807, 2.05) is 0 Å². The van der Waals surface area contributed by atoms with E-state index in [1.165, 1.54) is 75.7 Å². The minimum atomic E-state index is 1.12. The predicted molar refractivity (Wildman–Crippen MR) is 83.6 cm³/mol. The van der Waals surface area contributed by atoms with E-state index in [0.717, 1.165) is 12.8 Å². The molecule has 0 saturated heterocycles. The minimum absolute atomic E-state index is 1.12. The van der Waals surface area contributed by atoms with Gasteiger partial charge in [-0.1, -0.05) is 65.2 Å². The second-order valence-electron chi connectivity index (χ2n) is 5.70. The molecular weight excluding hydrogens is 232 g/mol. The minimum Gasteiger partial charge on any atom is -0.466 e. The first-order valence-corrected chi connectivity index (χ1v) is 8.44. The highest BCUT2D eigenvalue weighted by atomic mass is 16.3. The standard InChI is InChI=1S/C18H32O/c1-3-5-7-9-10-12-14-18-16-15-17(19-18)13-11-8-6-4-2/h15-16H,3-14H2,1-2H3. The molecule has 0 atom stereocenters. The topological polar surface area (TPSA) is 13.1 Å². The molecule has 1 rings (SSSR count). The van der Waals surface area contributed by atoms with E-state index in [1.54, 1.807) is 0 Å². The lowest BCUT2D eigenvalue weighted by molar-refractivity contribution is 0.446. The van der Waals surface area contributed by atoms with Crippen LogP contribution in [0.25, 0.3) is 0 Å². The molecule has 1 nitrogen and oxygen atoms in total. The summed E-state index contributed by atoms with van der Waals surface area (Å²) >= 11 is 0. The van der Waals surface area contributed by atoms with E-state index >= 15 is 0 Å². The fourth-order valence-electron chi connectivity index (χ4n) is 2.50. The average molecular weight is 264 g/mol. The molecule has 0 aromatic carbocycles. The summed E-state index contributed by atoms with van der Waals surface area (Å²) in [5.74, 6) is 2.39. The largest absolute Gasteiger partial charge is 0.466 e. The van der Waals surface area contributed by atoms with Gasteiger partial charge in [-0.15, -0.1) is 0 Å². The van der Waals surface area contributed by atoms with Crippen LogP contribution in [0.4, 0.5) is 0 Å². The number of hydrogen-bond acceptors (Lipinski definition) is 1. The maximum absolute atomic E-state index is 5.89. The number of hydrogen-bond donors (Lipinski definition) is 0. The predicted octanol–water partition coefficient (Wildman–Crippen LogP) is 6.31. The maximum Gasteiger partial charge on any atom is 0.104 e. The highest BCUT2D eigenvalue weighted by Crippen LogP contribution is 2.15. The molecule has 110 valence electrons. The molecule has 0 aliphatic rings. The van der Waals surface area contributed by atoms with Crippen molar-refractivity contribution in [1.29, 1.82) is 0 Å². The lowest BCUT2D eigenvalue weighted by Crippen LogP contribution is -1.85. The second kappa shape index (κ2) is 11.1. The number of aryl methyl sites for hydroxylation is 2. The molecule has 19 heavy (non-hydrogen) atoms. The summed E-state index contributed by atoms with van der Waals surface area (Å²) < 4.78 is 5.89. The molecule has 0 N–H and O–H groups in total. The van der Waals surface area contributed by atoms with E-state index in [0.29, 0.717) is 0 Å². The molecule has 0 amide bonds. The number of rotatable bonds is 12. The Morgan fingerprint density at radius 3 is 1.58 bits per heavy atom. The Hall–Kier alpha value is -0.720.